The van der Waals surface area contributed by atoms with E-state index in [-0.39, 0.29) is 16.6 Å². The molecule has 128 valence electrons. The fourth-order valence-electron chi connectivity index (χ4n) is 2.18. The van der Waals surface area contributed by atoms with Crippen LogP contribution >= 0.6 is 0 Å². The first-order chi connectivity index (χ1) is 12.0. The molecule has 1 aromatic carbocycles. The SMILES string of the molecule is CCS(=O)(=O)c1ccc(NC(=O)c2ccc(-n3cccn3)nc2)cc1. The Bertz CT molecular complexity index is 964. The predicted molar refractivity (Wildman–Crippen MR) is 93.5 cm³/mol. The molecule has 0 saturated carbocycles. The number of sulfone groups is 1. The van der Waals surface area contributed by atoms with Gasteiger partial charge in [0.15, 0.2) is 15.7 Å². The van der Waals surface area contributed by atoms with Gasteiger partial charge in [0.1, 0.15) is 0 Å². The molecule has 0 aliphatic carbocycles. The second-order valence-electron chi connectivity index (χ2n) is 5.24. The van der Waals surface area contributed by atoms with E-state index in [0.29, 0.717) is 17.1 Å². The van der Waals surface area contributed by atoms with Crippen molar-refractivity contribution in [2.75, 3.05) is 11.1 Å². The second-order valence-corrected chi connectivity index (χ2v) is 7.52. The maximum Gasteiger partial charge on any atom is 0.257 e. The molecule has 0 spiro atoms. The lowest BCUT2D eigenvalue weighted by Gasteiger charge is -2.07. The van der Waals surface area contributed by atoms with Crippen LogP contribution in [-0.2, 0) is 9.84 Å². The number of hydrogen-bond donors (Lipinski definition) is 1. The molecule has 0 saturated heterocycles. The molecule has 0 atom stereocenters. The van der Waals surface area contributed by atoms with Crippen LogP contribution in [0.4, 0.5) is 5.69 Å². The van der Waals surface area contributed by atoms with Crippen molar-refractivity contribution in [3.8, 4) is 5.82 Å². The standard InChI is InChI=1S/C17H16N4O3S/c1-2-25(23,24)15-7-5-14(6-8-15)20-17(22)13-4-9-16(18-12-13)21-11-3-10-19-21/h3-12H,2H2,1H3,(H,20,22). The molecule has 3 aromatic rings. The van der Waals surface area contributed by atoms with Crippen LogP contribution in [0.25, 0.3) is 5.82 Å². The van der Waals surface area contributed by atoms with Gasteiger partial charge < -0.3 is 5.32 Å². The van der Waals surface area contributed by atoms with Gasteiger partial charge in [-0.05, 0) is 42.5 Å². The van der Waals surface area contributed by atoms with E-state index < -0.39 is 9.84 Å². The molecule has 3 rings (SSSR count). The van der Waals surface area contributed by atoms with Crippen LogP contribution in [0.5, 0.6) is 0 Å². The van der Waals surface area contributed by atoms with E-state index >= 15 is 0 Å². The molecule has 25 heavy (non-hydrogen) atoms. The van der Waals surface area contributed by atoms with Gasteiger partial charge in [-0.15, -0.1) is 0 Å². The van der Waals surface area contributed by atoms with Crippen molar-refractivity contribution in [1.82, 2.24) is 14.8 Å². The van der Waals surface area contributed by atoms with Crippen LogP contribution in [0.15, 0.2) is 66.0 Å². The molecule has 1 amide bonds. The largest absolute Gasteiger partial charge is 0.322 e. The minimum Gasteiger partial charge on any atom is -0.322 e. The number of hydrogen-bond acceptors (Lipinski definition) is 5. The summed E-state index contributed by atoms with van der Waals surface area (Å²) in [5.74, 6) is 0.314. The summed E-state index contributed by atoms with van der Waals surface area (Å²) in [6, 6.07) is 11.2. The molecule has 8 heteroatoms. The van der Waals surface area contributed by atoms with E-state index in [0.717, 1.165) is 0 Å². The minimum absolute atomic E-state index is 0.0347. The Morgan fingerprint density at radius 1 is 1.16 bits per heavy atom. The van der Waals surface area contributed by atoms with Crippen molar-refractivity contribution >= 4 is 21.4 Å². The van der Waals surface area contributed by atoms with E-state index in [1.165, 1.54) is 18.3 Å². The van der Waals surface area contributed by atoms with Crippen molar-refractivity contribution in [3.05, 3.63) is 66.6 Å². The lowest BCUT2D eigenvalue weighted by molar-refractivity contribution is 0.102. The minimum atomic E-state index is -3.25. The molecule has 0 fully saturated rings. The Morgan fingerprint density at radius 2 is 1.92 bits per heavy atom. The van der Waals surface area contributed by atoms with Crippen LogP contribution in [0.3, 0.4) is 0 Å². The number of carbonyl (C=O) groups excluding carboxylic acids is 1. The number of pyridine rings is 1. The normalized spacial score (nSPS) is 11.2. The monoisotopic (exact) mass is 356 g/mol. The average molecular weight is 356 g/mol. The van der Waals surface area contributed by atoms with Gasteiger partial charge in [-0.3, -0.25) is 4.79 Å². The first kappa shape index (κ1) is 16.8. The first-order valence-corrected chi connectivity index (χ1v) is 9.25. The van der Waals surface area contributed by atoms with Gasteiger partial charge in [0.05, 0.1) is 16.2 Å². The highest BCUT2D eigenvalue weighted by atomic mass is 32.2. The summed E-state index contributed by atoms with van der Waals surface area (Å²) >= 11 is 0. The second kappa shape index (κ2) is 6.86. The smallest absolute Gasteiger partial charge is 0.257 e. The Labute approximate surface area is 145 Å². The molecule has 2 aromatic heterocycles. The number of anilines is 1. The lowest BCUT2D eigenvalue weighted by Crippen LogP contribution is -2.13. The maximum absolute atomic E-state index is 12.3. The van der Waals surface area contributed by atoms with Crippen LogP contribution in [-0.4, -0.2) is 34.8 Å². The molecule has 0 unspecified atom stereocenters. The predicted octanol–water partition coefficient (Wildman–Crippen LogP) is 2.31. The van der Waals surface area contributed by atoms with Gasteiger partial charge in [-0.1, -0.05) is 6.92 Å². The molecule has 0 radical (unpaired) electrons. The number of aromatic nitrogens is 3. The van der Waals surface area contributed by atoms with Crippen LogP contribution < -0.4 is 5.32 Å². The third kappa shape index (κ3) is 3.74. The van der Waals surface area contributed by atoms with Gasteiger partial charge in [0, 0.05) is 24.3 Å². The van der Waals surface area contributed by atoms with Crippen molar-refractivity contribution in [2.24, 2.45) is 0 Å². The molecular formula is C17H16N4O3S. The van der Waals surface area contributed by atoms with Crippen LogP contribution in [0.2, 0.25) is 0 Å². The van der Waals surface area contributed by atoms with Gasteiger partial charge in [-0.2, -0.15) is 5.10 Å². The van der Waals surface area contributed by atoms with Crippen LogP contribution in [0, 0.1) is 0 Å². The van der Waals surface area contributed by atoms with E-state index in [1.54, 1.807) is 54.3 Å². The summed E-state index contributed by atoms with van der Waals surface area (Å²) in [6.07, 6.45) is 4.86. The Hall–Kier alpha value is -3.00. The summed E-state index contributed by atoms with van der Waals surface area (Å²) < 4.78 is 25.2. The summed E-state index contributed by atoms with van der Waals surface area (Å²) in [5.41, 5.74) is 0.900. The number of benzene rings is 1. The highest BCUT2D eigenvalue weighted by molar-refractivity contribution is 7.91. The molecular weight excluding hydrogens is 340 g/mol. The Balaban J connectivity index is 1.72. The quantitative estimate of drug-likeness (QED) is 0.757. The maximum atomic E-state index is 12.3. The third-order valence-corrected chi connectivity index (χ3v) is 5.35. The van der Waals surface area contributed by atoms with Crippen molar-refractivity contribution in [2.45, 2.75) is 11.8 Å². The molecule has 1 N–H and O–H groups in total. The van der Waals surface area contributed by atoms with Gasteiger partial charge in [-0.25, -0.2) is 18.1 Å². The lowest BCUT2D eigenvalue weighted by atomic mass is 10.2. The Kier molecular flexibility index (Phi) is 4.62. The average Bonchev–Trinajstić information content (AvgIpc) is 3.17. The summed E-state index contributed by atoms with van der Waals surface area (Å²) in [4.78, 5) is 16.7. The summed E-state index contributed by atoms with van der Waals surface area (Å²) in [6.45, 7) is 1.59. The highest BCUT2D eigenvalue weighted by Crippen LogP contribution is 2.16. The zero-order valence-electron chi connectivity index (χ0n) is 13.5. The number of carbonyl (C=O) groups is 1. The summed E-state index contributed by atoms with van der Waals surface area (Å²) in [7, 11) is -3.25. The number of nitrogens with one attached hydrogen (secondary N) is 1. The molecule has 7 nitrogen and oxygen atoms in total. The summed E-state index contributed by atoms with van der Waals surface area (Å²) in [5, 5.41) is 6.78. The van der Waals surface area contributed by atoms with Gasteiger partial charge >= 0.3 is 0 Å². The molecule has 0 bridgehead atoms. The first-order valence-electron chi connectivity index (χ1n) is 7.60. The van der Waals surface area contributed by atoms with Gasteiger partial charge in [0.2, 0.25) is 0 Å². The van der Waals surface area contributed by atoms with E-state index in [2.05, 4.69) is 15.4 Å². The fourth-order valence-corrected chi connectivity index (χ4v) is 3.06. The van der Waals surface area contributed by atoms with Crippen molar-refractivity contribution in [1.29, 1.82) is 0 Å². The van der Waals surface area contributed by atoms with E-state index in [4.69, 9.17) is 0 Å². The Morgan fingerprint density at radius 3 is 2.48 bits per heavy atom. The topological polar surface area (TPSA) is 94.0 Å². The number of rotatable bonds is 5. The van der Waals surface area contributed by atoms with Crippen LogP contribution in [0.1, 0.15) is 17.3 Å². The fraction of sp³-hybridized carbons (Fsp3) is 0.118. The molecule has 0 aliphatic heterocycles. The van der Waals surface area contributed by atoms with E-state index in [9.17, 15) is 13.2 Å². The molecule has 0 aliphatic rings. The zero-order chi connectivity index (χ0) is 17.9. The van der Waals surface area contributed by atoms with Gasteiger partial charge in [0.25, 0.3) is 5.91 Å². The van der Waals surface area contributed by atoms with E-state index in [1.807, 2.05) is 0 Å². The number of nitrogens with zero attached hydrogens (tertiary/aromatic N) is 3. The zero-order valence-corrected chi connectivity index (χ0v) is 14.3. The highest BCUT2D eigenvalue weighted by Gasteiger charge is 2.12. The molecule has 2 heterocycles. The third-order valence-electron chi connectivity index (χ3n) is 3.60. The number of amides is 1. The van der Waals surface area contributed by atoms with Crippen molar-refractivity contribution < 1.29 is 13.2 Å². The van der Waals surface area contributed by atoms with Crippen molar-refractivity contribution in [3.63, 3.8) is 0 Å².